The fourth-order valence-corrected chi connectivity index (χ4v) is 3.84. The predicted molar refractivity (Wildman–Crippen MR) is 108 cm³/mol. The molecule has 1 saturated heterocycles. The molecule has 1 aliphatic rings. The maximum absolute atomic E-state index is 12.7. The van der Waals surface area contributed by atoms with E-state index in [2.05, 4.69) is 27.0 Å². The molecule has 1 aromatic heterocycles. The van der Waals surface area contributed by atoms with E-state index in [9.17, 15) is 4.79 Å². The number of piperidine rings is 1. The molecule has 0 aliphatic carbocycles. The van der Waals surface area contributed by atoms with Gasteiger partial charge in [-0.1, -0.05) is 23.7 Å². The SMILES string of the molecule is Cc1ncncc1C(=O)N(C)C[C@H]1CCCN(CCc2ccc(Cl)cc2)C1. The monoisotopic (exact) mass is 386 g/mol. The van der Waals surface area contributed by atoms with Crippen molar-refractivity contribution in [3.8, 4) is 0 Å². The Morgan fingerprint density at radius 2 is 2.11 bits per heavy atom. The number of hydrogen-bond acceptors (Lipinski definition) is 4. The summed E-state index contributed by atoms with van der Waals surface area (Å²) in [5.74, 6) is 0.509. The van der Waals surface area contributed by atoms with E-state index in [-0.39, 0.29) is 5.91 Å². The second-order valence-electron chi connectivity index (χ2n) is 7.39. The maximum atomic E-state index is 12.7. The van der Waals surface area contributed by atoms with Crippen LogP contribution in [0.1, 0.15) is 34.5 Å². The minimum Gasteiger partial charge on any atom is -0.341 e. The van der Waals surface area contributed by atoms with Gasteiger partial charge in [0.2, 0.25) is 0 Å². The topological polar surface area (TPSA) is 49.3 Å². The average molecular weight is 387 g/mol. The molecule has 1 aliphatic heterocycles. The molecule has 3 rings (SSSR count). The van der Waals surface area contributed by atoms with Crippen LogP contribution in [0.2, 0.25) is 5.02 Å². The highest BCUT2D eigenvalue weighted by atomic mass is 35.5. The first-order chi connectivity index (χ1) is 13.0. The predicted octanol–water partition coefficient (Wildman–Crippen LogP) is 3.47. The van der Waals surface area contributed by atoms with Crippen molar-refractivity contribution in [1.29, 1.82) is 0 Å². The number of likely N-dealkylation sites (tertiary alicyclic amines) is 1. The third kappa shape index (κ3) is 5.50. The largest absolute Gasteiger partial charge is 0.341 e. The first-order valence-electron chi connectivity index (χ1n) is 9.52. The minimum absolute atomic E-state index is 0.00591. The van der Waals surface area contributed by atoms with Gasteiger partial charge in [0.25, 0.3) is 5.91 Å². The first kappa shape index (κ1) is 19.8. The first-order valence-corrected chi connectivity index (χ1v) is 9.89. The van der Waals surface area contributed by atoms with Crippen molar-refractivity contribution < 1.29 is 4.79 Å². The van der Waals surface area contributed by atoms with Crippen LogP contribution in [0.5, 0.6) is 0 Å². The lowest BCUT2D eigenvalue weighted by molar-refractivity contribution is 0.0728. The summed E-state index contributed by atoms with van der Waals surface area (Å²) in [5.41, 5.74) is 2.64. The standard InChI is InChI=1S/C21H27ClN4O/c1-16-20(12-23-15-24-16)21(27)25(2)13-18-4-3-10-26(14-18)11-9-17-5-7-19(22)8-6-17/h5-8,12,15,18H,3-4,9-11,13-14H2,1-2H3/t18-/m1/s1. The number of benzene rings is 1. The summed E-state index contributed by atoms with van der Waals surface area (Å²) in [6.07, 6.45) is 6.46. The van der Waals surface area contributed by atoms with E-state index in [4.69, 9.17) is 11.6 Å². The molecule has 6 heteroatoms. The fraction of sp³-hybridized carbons (Fsp3) is 0.476. The average Bonchev–Trinajstić information content (AvgIpc) is 2.68. The van der Waals surface area contributed by atoms with E-state index in [1.54, 1.807) is 6.20 Å². The van der Waals surface area contributed by atoms with Crippen LogP contribution in [-0.2, 0) is 6.42 Å². The summed E-state index contributed by atoms with van der Waals surface area (Å²) in [5, 5.41) is 0.781. The van der Waals surface area contributed by atoms with Gasteiger partial charge in [-0.25, -0.2) is 9.97 Å². The van der Waals surface area contributed by atoms with E-state index in [0.29, 0.717) is 11.5 Å². The van der Waals surface area contributed by atoms with Crippen molar-refractivity contribution in [2.24, 2.45) is 5.92 Å². The Morgan fingerprint density at radius 1 is 1.33 bits per heavy atom. The van der Waals surface area contributed by atoms with E-state index in [1.807, 2.05) is 31.0 Å². The highest BCUT2D eigenvalue weighted by Crippen LogP contribution is 2.19. The molecular weight excluding hydrogens is 360 g/mol. The Balaban J connectivity index is 1.51. The fourth-order valence-electron chi connectivity index (χ4n) is 3.72. The summed E-state index contributed by atoms with van der Waals surface area (Å²) in [6.45, 7) is 5.83. The van der Waals surface area contributed by atoms with E-state index >= 15 is 0 Å². The summed E-state index contributed by atoms with van der Waals surface area (Å²) in [7, 11) is 1.88. The molecule has 0 unspecified atom stereocenters. The molecule has 2 aromatic rings. The molecule has 144 valence electrons. The zero-order valence-electron chi connectivity index (χ0n) is 16.1. The number of amides is 1. The van der Waals surface area contributed by atoms with E-state index in [0.717, 1.165) is 43.3 Å². The van der Waals surface area contributed by atoms with Gasteiger partial charge in [-0.15, -0.1) is 0 Å². The van der Waals surface area contributed by atoms with Crippen LogP contribution in [0.25, 0.3) is 0 Å². The molecule has 1 fully saturated rings. The Labute approximate surface area is 166 Å². The molecule has 0 bridgehead atoms. The van der Waals surface area contributed by atoms with E-state index in [1.165, 1.54) is 24.7 Å². The number of carbonyl (C=O) groups excluding carboxylic acids is 1. The van der Waals surface area contributed by atoms with Crippen molar-refractivity contribution in [2.45, 2.75) is 26.2 Å². The Morgan fingerprint density at radius 3 is 2.85 bits per heavy atom. The minimum atomic E-state index is 0.00591. The normalized spacial score (nSPS) is 17.7. The Hall–Kier alpha value is -1.98. The molecule has 0 N–H and O–H groups in total. The number of halogens is 1. The van der Waals surface area contributed by atoms with Crippen molar-refractivity contribution >= 4 is 17.5 Å². The molecular formula is C21H27ClN4O. The van der Waals surface area contributed by atoms with Crippen LogP contribution >= 0.6 is 11.6 Å². The summed E-state index contributed by atoms with van der Waals surface area (Å²) in [4.78, 5) is 25.1. The second kappa shape index (κ2) is 9.29. The van der Waals surface area contributed by atoms with Gasteiger partial charge in [-0.3, -0.25) is 4.79 Å². The summed E-state index contributed by atoms with van der Waals surface area (Å²) >= 11 is 5.96. The zero-order chi connectivity index (χ0) is 19.2. The molecule has 27 heavy (non-hydrogen) atoms. The van der Waals surface area contributed by atoms with Gasteiger partial charge in [0.15, 0.2) is 0 Å². The lowest BCUT2D eigenvalue weighted by Crippen LogP contribution is -2.42. The molecule has 1 amide bonds. The molecule has 2 heterocycles. The van der Waals surface area contributed by atoms with Gasteiger partial charge >= 0.3 is 0 Å². The van der Waals surface area contributed by atoms with Crippen LogP contribution in [0.15, 0.2) is 36.8 Å². The molecule has 0 spiro atoms. The summed E-state index contributed by atoms with van der Waals surface area (Å²) < 4.78 is 0. The van der Waals surface area contributed by atoms with Crippen molar-refractivity contribution in [1.82, 2.24) is 19.8 Å². The molecule has 1 atom stereocenters. The van der Waals surface area contributed by atoms with Crippen LogP contribution < -0.4 is 0 Å². The summed E-state index contributed by atoms with van der Waals surface area (Å²) in [6, 6.07) is 8.10. The Bertz CT molecular complexity index is 765. The highest BCUT2D eigenvalue weighted by Gasteiger charge is 2.23. The zero-order valence-corrected chi connectivity index (χ0v) is 16.8. The van der Waals surface area contributed by atoms with E-state index < -0.39 is 0 Å². The van der Waals surface area contributed by atoms with Gasteiger partial charge in [-0.2, -0.15) is 0 Å². The number of carbonyl (C=O) groups is 1. The third-order valence-electron chi connectivity index (χ3n) is 5.25. The highest BCUT2D eigenvalue weighted by molar-refractivity contribution is 6.30. The maximum Gasteiger partial charge on any atom is 0.257 e. The smallest absolute Gasteiger partial charge is 0.257 e. The lowest BCUT2D eigenvalue weighted by atomic mass is 9.96. The molecule has 0 saturated carbocycles. The van der Waals surface area contributed by atoms with Crippen molar-refractivity contribution in [3.63, 3.8) is 0 Å². The number of aromatic nitrogens is 2. The molecule has 5 nitrogen and oxygen atoms in total. The number of aryl methyl sites for hydroxylation is 1. The Kier molecular flexibility index (Phi) is 6.80. The van der Waals surface area contributed by atoms with Crippen LogP contribution in [-0.4, -0.2) is 58.9 Å². The molecule has 0 radical (unpaired) electrons. The lowest BCUT2D eigenvalue weighted by Gasteiger charge is -2.34. The van der Waals surface area contributed by atoms with Gasteiger partial charge in [-0.05, 0) is 56.3 Å². The van der Waals surface area contributed by atoms with Gasteiger partial charge < -0.3 is 9.80 Å². The number of nitrogens with zero attached hydrogens (tertiary/aromatic N) is 4. The van der Waals surface area contributed by atoms with Crippen molar-refractivity contribution in [2.75, 3.05) is 33.2 Å². The van der Waals surface area contributed by atoms with Crippen molar-refractivity contribution in [3.05, 3.63) is 58.6 Å². The van der Waals surface area contributed by atoms with Crippen LogP contribution in [0.3, 0.4) is 0 Å². The number of rotatable bonds is 6. The third-order valence-corrected chi connectivity index (χ3v) is 5.51. The van der Waals surface area contributed by atoms with Crippen LogP contribution in [0, 0.1) is 12.8 Å². The number of hydrogen-bond donors (Lipinski definition) is 0. The molecule has 1 aromatic carbocycles. The van der Waals surface area contributed by atoms with Gasteiger partial charge in [0, 0.05) is 37.9 Å². The van der Waals surface area contributed by atoms with Gasteiger partial charge in [0.05, 0.1) is 11.3 Å². The second-order valence-corrected chi connectivity index (χ2v) is 7.83. The van der Waals surface area contributed by atoms with Crippen LogP contribution in [0.4, 0.5) is 0 Å². The quantitative estimate of drug-likeness (QED) is 0.762. The van der Waals surface area contributed by atoms with Gasteiger partial charge in [0.1, 0.15) is 6.33 Å².